The minimum atomic E-state index is -1.27. The van der Waals surface area contributed by atoms with Crippen LogP contribution in [0.4, 0.5) is 5.69 Å². The lowest BCUT2D eigenvalue weighted by atomic mass is 10.0. The van der Waals surface area contributed by atoms with E-state index in [1.54, 1.807) is 56.2 Å². The molecule has 0 aliphatic rings. The number of hydrogen-bond acceptors (Lipinski definition) is 9. The fourth-order valence-corrected chi connectivity index (χ4v) is 5.87. The zero-order valence-corrected chi connectivity index (χ0v) is 26.6. The highest BCUT2D eigenvalue weighted by Crippen LogP contribution is 2.32. The summed E-state index contributed by atoms with van der Waals surface area (Å²) in [7, 11) is 3.07. The third-order valence-electron chi connectivity index (χ3n) is 6.46. The minimum absolute atomic E-state index is 0.0425. The monoisotopic (exact) mass is 625 g/mol. The Kier molecular flexibility index (Phi) is 10.1. The number of thiazole rings is 1. The van der Waals surface area contributed by atoms with Crippen LogP contribution in [-0.4, -0.2) is 57.2 Å². The summed E-state index contributed by atoms with van der Waals surface area (Å²) in [5, 5.41) is 6.68. The SMILES string of the molecule is COc1ccc(NC(=O)C(C)(C)N(Cc2nc(-c3ccc(Cl)cc3)cs2)C(=O)CSc2nc(C)cc(C)n2)c(OC)c1. The second-order valence-electron chi connectivity index (χ2n) is 9.91. The van der Waals surface area contributed by atoms with Crippen LogP contribution in [0.25, 0.3) is 11.3 Å². The summed E-state index contributed by atoms with van der Waals surface area (Å²) in [4.78, 5) is 42.7. The summed E-state index contributed by atoms with van der Waals surface area (Å²) in [6, 6.07) is 14.4. The van der Waals surface area contributed by atoms with Gasteiger partial charge in [-0.25, -0.2) is 15.0 Å². The van der Waals surface area contributed by atoms with Gasteiger partial charge in [0.1, 0.15) is 22.0 Å². The van der Waals surface area contributed by atoms with Gasteiger partial charge in [0, 0.05) is 33.4 Å². The number of hydrogen-bond donors (Lipinski definition) is 1. The lowest BCUT2D eigenvalue weighted by Crippen LogP contribution is -2.55. The molecule has 2 amide bonds. The van der Waals surface area contributed by atoms with E-state index in [-0.39, 0.29) is 24.1 Å². The van der Waals surface area contributed by atoms with Gasteiger partial charge in [-0.2, -0.15) is 0 Å². The van der Waals surface area contributed by atoms with Crippen LogP contribution >= 0.6 is 34.7 Å². The number of benzene rings is 2. The number of methoxy groups -OCH3 is 2. The van der Waals surface area contributed by atoms with E-state index in [2.05, 4.69) is 15.3 Å². The van der Waals surface area contributed by atoms with Crippen molar-refractivity contribution in [3.63, 3.8) is 0 Å². The van der Waals surface area contributed by atoms with Crippen molar-refractivity contribution in [2.24, 2.45) is 0 Å². The lowest BCUT2D eigenvalue weighted by Gasteiger charge is -2.37. The molecule has 42 heavy (non-hydrogen) atoms. The first kappa shape index (κ1) is 31.3. The summed E-state index contributed by atoms with van der Waals surface area (Å²) in [5.41, 5.74) is 2.51. The van der Waals surface area contributed by atoms with E-state index in [0.29, 0.717) is 32.4 Å². The minimum Gasteiger partial charge on any atom is -0.497 e. The maximum Gasteiger partial charge on any atom is 0.249 e. The van der Waals surface area contributed by atoms with Gasteiger partial charge < -0.3 is 19.7 Å². The standard InChI is InChI=1S/C30H32ClN5O4S2/c1-18-13-19(2)33-29(32-18)42-17-27(37)36(15-26-34-24(16-41-26)20-7-9-21(31)10-8-20)30(3,4)28(38)35-23-12-11-22(39-5)14-25(23)40-6/h7-14,16H,15,17H2,1-6H3,(H,35,38). The van der Waals surface area contributed by atoms with Crippen molar-refractivity contribution in [1.29, 1.82) is 0 Å². The third kappa shape index (κ3) is 7.58. The van der Waals surface area contributed by atoms with E-state index in [9.17, 15) is 9.59 Å². The fourth-order valence-electron chi connectivity index (χ4n) is 4.13. The predicted octanol–water partition coefficient (Wildman–Crippen LogP) is 6.43. The van der Waals surface area contributed by atoms with Crippen LogP contribution in [0.3, 0.4) is 0 Å². The number of aryl methyl sites for hydroxylation is 2. The van der Waals surface area contributed by atoms with Gasteiger partial charge in [0.25, 0.3) is 0 Å². The zero-order valence-electron chi connectivity index (χ0n) is 24.2. The molecular weight excluding hydrogens is 594 g/mol. The third-order valence-corrected chi connectivity index (χ3v) is 8.38. The normalized spacial score (nSPS) is 11.2. The number of carbonyl (C=O) groups excluding carboxylic acids is 2. The molecule has 0 bridgehead atoms. The van der Waals surface area contributed by atoms with Gasteiger partial charge in [-0.3, -0.25) is 9.59 Å². The van der Waals surface area contributed by atoms with Crippen molar-refractivity contribution in [3.8, 4) is 22.8 Å². The Morgan fingerprint density at radius 3 is 2.33 bits per heavy atom. The Balaban J connectivity index is 1.61. The first-order chi connectivity index (χ1) is 20.0. The molecule has 0 unspecified atom stereocenters. The summed E-state index contributed by atoms with van der Waals surface area (Å²) >= 11 is 8.70. The smallest absolute Gasteiger partial charge is 0.249 e. The molecule has 220 valence electrons. The predicted molar refractivity (Wildman–Crippen MR) is 168 cm³/mol. The molecule has 9 nitrogen and oxygen atoms in total. The van der Waals surface area contributed by atoms with Crippen molar-refractivity contribution in [3.05, 3.63) is 75.3 Å². The molecule has 0 aliphatic carbocycles. The molecule has 12 heteroatoms. The van der Waals surface area contributed by atoms with Gasteiger partial charge in [-0.1, -0.05) is 35.5 Å². The number of amides is 2. The molecule has 2 heterocycles. The number of ether oxygens (including phenoxy) is 2. The average Bonchev–Trinajstić information content (AvgIpc) is 3.43. The molecule has 1 N–H and O–H groups in total. The van der Waals surface area contributed by atoms with Crippen molar-refractivity contribution in [1.82, 2.24) is 19.9 Å². The molecule has 0 saturated carbocycles. The number of halogens is 1. The highest BCUT2D eigenvalue weighted by molar-refractivity contribution is 7.99. The first-order valence-electron chi connectivity index (χ1n) is 13.0. The quantitative estimate of drug-likeness (QED) is 0.150. The first-order valence-corrected chi connectivity index (χ1v) is 15.2. The summed E-state index contributed by atoms with van der Waals surface area (Å²) in [5.74, 6) is 0.425. The van der Waals surface area contributed by atoms with Crippen LogP contribution in [0.5, 0.6) is 11.5 Å². The van der Waals surface area contributed by atoms with E-state index in [1.807, 2.05) is 37.4 Å². The second kappa shape index (κ2) is 13.5. The maximum atomic E-state index is 13.8. The topological polar surface area (TPSA) is 107 Å². The second-order valence-corrected chi connectivity index (χ2v) is 12.2. The van der Waals surface area contributed by atoms with Gasteiger partial charge in [0.2, 0.25) is 11.8 Å². The van der Waals surface area contributed by atoms with Gasteiger partial charge in [-0.05, 0) is 58.0 Å². The molecule has 4 rings (SSSR count). The number of nitrogens with zero attached hydrogens (tertiary/aromatic N) is 4. The number of rotatable bonds is 11. The van der Waals surface area contributed by atoms with Gasteiger partial charge in [-0.15, -0.1) is 11.3 Å². The Morgan fingerprint density at radius 1 is 1.00 bits per heavy atom. The average molecular weight is 626 g/mol. The molecule has 0 aliphatic heterocycles. The van der Waals surface area contributed by atoms with E-state index < -0.39 is 5.54 Å². The molecular formula is C30H32ClN5O4S2. The zero-order chi connectivity index (χ0) is 30.4. The number of carbonyl (C=O) groups is 2. The Morgan fingerprint density at radius 2 is 1.69 bits per heavy atom. The van der Waals surface area contributed by atoms with Crippen LogP contribution in [0.15, 0.2) is 59.1 Å². The Bertz CT molecular complexity index is 1560. The van der Waals surface area contributed by atoms with E-state index >= 15 is 0 Å². The van der Waals surface area contributed by atoms with Crippen LogP contribution in [0.2, 0.25) is 5.02 Å². The van der Waals surface area contributed by atoms with Gasteiger partial charge in [0.15, 0.2) is 5.16 Å². The molecule has 0 radical (unpaired) electrons. The number of nitrogens with one attached hydrogen (secondary N) is 1. The van der Waals surface area contributed by atoms with Crippen LogP contribution in [-0.2, 0) is 16.1 Å². The molecule has 4 aromatic rings. The summed E-state index contributed by atoms with van der Waals surface area (Å²) in [6.45, 7) is 7.32. The number of anilines is 1. The molecule has 0 fully saturated rings. The van der Waals surface area contributed by atoms with Crippen molar-refractivity contribution in [2.75, 3.05) is 25.3 Å². The molecule has 0 saturated heterocycles. The molecule has 2 aromatic carbocycles. The largest absolute Gasteiger partial charge is 0.497 e. The lowest BCUT2D eigenvalue weighted by molar-refractivity contribution is -0.142. The molecule has 0 atom stereocenters. The molecule has 2 aromatic heterocycles. The van der Waals surface area contributed by atoms with E-state index in [1.165, 1.54) is 30.2 Å². The van der Waals surface area contributed by atoms with E-state index in [4.69, 9.17) is 26.1 Å². The summed E-state index contributed by atoms with van der Waals surface area (Å²) in [6.07, 6.45) is 0. The van der Waals surface area contributed by atoms with Crippen LogP contribution in [0, 0.1) is 13.8 Å². The van der Waals surface area contributed by atoms with E-state index in [0.717, 1.165) is 22.6 Å². The van der Waals surface area contributed by atoms with Gasteiger partial charge in [0.05, 0.1) is 37.9 Å². The van der Waals surface area contributed by atoms with Crippen LogP contribution < -0.4 is 14.8 Å². The Labute approximate surface area is 258 Å². The van der Waals surface area contributed by atoms with Gasteiger partial charge >= 0.3 is 0 Å². The van der Waals surface area contributed by atoms with Crippen molar-refractivity contribution in [2.45, 2.75) is 44.9 Å². The highest BCUT2D eigenvalue weighted by Gasteiger charge is 2.39. The van der Waals surface area contributed by atoms with Crippen molar-refractivity contribution < 1.29 is 19.1 Å². The number of aromatic nitrogens is 3. The number of thioether (sulfide) groups is 1. The Hall–Kier alpha value is -3.67. The van der Waals surface area contributed by atoms with Crippen molar-refractivity contribution >= 4 is 52.2 Å². The molecule has 0 spiro atoms. The maximum absolute atomic E-state index is 13.8. The highest BCUT2D eigenvalue weighted by atomic mass is 35.5. The summed E-state index contributed by atoms with van der Waals surface area (Å²) < 4.78 is 10.7. The van der Waals surface area contributed by atoms with Crippen LogP contribution in [0.1, 0.15) is 30.2 Å². The fraction of sp³-hybridized carbons (Fsp3) is 0.300.